The highest BCUT2D eigenvalue weighted by atomic mass is 35.6. The molecule has 0 N–H and O–H groups in total. The number of rotatable bonds is 2. The second kappa shape index (κ2) is 5.38. The molecule has 0 spiro atoms. The number of hydrogen-bond donors (Lipinski definition) is 0. The molecule has 0 saturated heterocycles. The number of halogens is 1. The van der Waals surface area contributed by atoms with E-state index in [4.69, 9.17) is 11.1 Å². The Labute approximate surface area is 128 Å². The Bertz CT molecular complexity index is 578. The molecule has 0 fully saturated rings. The van der Waals surface area contributed by atoms with Crippen molar-refractivity contribution in [1.82, 2.24) is 0 Å². The summed E-state index contributed by atoms with van der Waals surface area (Å²) in [7, 11) is -2.29. The van der Waals surface area contributed by atoms with E-state index in [-0.39, 0.29) is 5.04 Å². The molecule has 1 atom stereocenters. The second-order valence-corrected chi connectivity index (χ2v) is 12.3. The fraction of sp³-hybridized carbons (Fsp3) is 0.333. The van der Waals surface area contributed by atoms with Gasteiger partial charge in [0.2, 0.25) is 7.38 Å². The van der Waals surface area contributed by atoms with Crippen LogP contribution in [0.25, 0.3) is 0 Å². The summed E-state index contributed by atoms with van der Waals surface area (Å²) in [6.45, 7) is 11.1. The van der Waals surface area contributed by atoms with Crippen LogP contribution in [0.4, 0.5) is 0 Å². The van der Waals surface area contributed by atoms with Gasteiger partial charge in [0.05, 0.1) is 0 Å². The Morgan fingerprint density at radius 2 is 1.30 bits per heavy atom. The van der Waals surface area contributed by atoms with Crippen molar-refractivity contribution in [2.75, 3.05) is 0 Å². The van der Waals surface area contributed by atoms with Crippen LogP contribution in [0.1, 0.15) is 31.9 Å². The summed E-state index contributed by atoms with van der Waals surface area (Å²) in [6.07, 6.45) is 0. The highest BCUT2D eigenvalue weighted by molar-refractivity contribution is 7.35. The van der Waals surface area contributed by atoms with Gasteiger partial charge >= 0.3 is 0 Å². The van der Waals surface area contributed by atoms with Gasteiger partial charge in [-0.2, -0.15) is 11.1 Å². The summed E-state index contributed by atoms with van der Waals surface area (Å²) in [6, 6.07) is 17.4. The molecule has 2 heteroatoms. The van der Waals surface area contributed by atoms with Gasteiger partial charge in [0.15, 0.2) is 0 Å². The maximum atomic E-state index is 7.35. The minimum atomic E-state index is -2.29. The van der Waals surface area contributed by atoms with Gasteiger partial charge in [-0.15, -0.1) is 0 Å². The average molecular weight is 303 g/mol. The van der Waals surface area contributed by atoms with Crippen LogP contribution in [0.2, 0.25) is 5.04 Å². The summed E-state index contributed by atoms with van der Waals surface area (Å²) in [4.78, 5) is 0. The lowest BCUT2D eigenvalue weighted by atomic mass is 10.2. The van der Waals surface area contributed by atoms with Crippen LogP contribution in [0.15, 0.2) is 48.5 Å². The van der Waals surface area contributed by atoms with Gasteiger partial charge in [-0.3, -0.25) is 0 Å². The van der Waals surface area contributed by atoms with Crippen LogP contribution in [0.5, 0.6) is 0 Å². The Kier molecular flexibility index (Phi) is 4.13. The van der Waals surface area contributed by atoms with Crippen molar-refractivity contribution in [3.8, 4) is 0 Å². The lowest BCUT2D eigenvalue weighted by molar-refractivity contribution is 0.744. The van der Waals surface area contributed by atoms with Crippen molar-refractivity contribution in [3.05, 3.63) is 59.7 Å². The van der Waals surface area contributed by atoms with Crippen molar-refractivity contribution >= 4 is 28.8 Å². The van der Waals surface area contributed by atoms with Crippen LogP contribution >= 0.6 is 11.1 Å². The van der Waals surface area contributed by atoms with Crippen molar-refractivity contribution < 1.29 is 0 Å². The molecule has 106 valence electrons. The molecule has 20 heavy (non-hydrogen) atoms. The monoisotopic (exact) mass is 302 g/mol. The van der Waals surface area contributed by atoms with Crippen LogP contribution in [0.3, 0.4) is 0 Å². The van der Waals surface area contributed by atoms with Gasteiger partial charge in [0, 0.05) is 0 Å². The first-order valence-electron chi connectivity index (χ1n) is 7.08. The Morgan fingerprint density at radius 1 is 0.800 bits per heavy atom. The molecule has 1 unspecified atom stereocenters. The van der Waals surface area contributed by atoms with Crippen LogP contribution < -0.4 is 10.4 Å². The number of aryl methyl sites for hydroxylation is 2. The highest BCUT2D eigenvalue weighted by Crippen LogP contribution is 2.38. The first-order chi connectivity index (χ1) is 9.25. The molecule has 0 amide bonds. The molecular formula is C18H23ClSi. The lowest BCUT2D eigenvalue weighted by Gasteiger charge is -2.38. The molecule has 0 radical (unpaired) electrons. The van der Waals surface area contributed by atoms with E-state index < -0.39 is 7.38 Å². The second-order valence-electron chi connectivity index (χ2n) is 6.65. The molecule has 0 aromatic heterocycles. The van der Waals surface area contributed by atoms with E-state index in [9.17, 15) is 0 Å². The van der Waals surface area contributed by atoms with Crippen molar-refractivity contribution in [1.29, 1.82) is 0 Å². The minimum Gasteiger partial charge on any atom is -0.154 e. The lowest BCUT2D eigenvalue weighted by Crippen LogP contribution is -2.60. The summed E-state index contributed by atoms with van der Waals surface area (Å²) >= 11 is 7.35. The quantitative estimate of drug-likeness (QED) is 0.570. The molecule has 0 aliphatic rings. The van der Waals surface area contributed by atoms with Gasteiger partial charge in [-0.25, -0.2) is 0 Å². The molecule has 2 aromatic carbocycles. The molecule has 0 aliphatic heterocycles. The summed E-state index contributed by atoms with van der Waals surface area (Å²) in [5.74, 6) is 0. The van der Waals surface area contributed by atoms with E-state index in [1.54, 1.807) is 0 Å². The van der Waals surface area contributed by atoms with Gasteiger partial charge in [0.25, 0.3) is 0 Å². The Balaban J connectivity index is 2.71. The van der Waals surface area contributed by atoms with Crippen LogP contribution in [0, 0.1) is 13.8 Å². The normalized spacial score (nSPS) is 14.9. The molecular weight excluding hydrogens is 280 g/mol. The Morgan fingerprint density at radius 3 is 1.75 bits per heavy atom. The predicted octanol–water partition coefficient (Wildman–Crippen LogP) is 4.40. The van der Waals surface area contributed by atoms with E-state index in [2.05, 4.69) is 83.1 Å². The molecule has 0 bridgehead atoms. The molecule has 0 heterocycles. The first-order valence-corrected chi connectivity index (χ1v) is 10.1. The molecule has 2 aromatic rings. The summed E-state index contributed by atoms with van der Waals surface area (Å²) in [5, 5.41) is 2.66. The topological polar surface area (TPSA) is 0 Å². The first kappa shape index (κ1) is 15.3. The van der Waals surface area contributed by atoms with E-state index in [0.29, 0.717) is 0 Å². The van der Waals surface area contributed by atoms with E-state index in [0.717, 1.165) is 0 Å². The van der Waals surface area contributed by atoms with E-state index in [1.807, 2.05) is 0 Å². The smallest absolute Gasteiger partial charge is 0.154 e. The zero-order chi connectivity index (χ0) is 15.0. The molecule has 0 aliphatic carbocycles. The van der Waals surface area contributed by atoms with Crippen LogP contribution in [-0.2, 0) is 0 Å². The maximum absolute atomic E-state index is 7.35. The van der Waals surface area contributed by atoms with Gasteiger partial charge in [-0.05, 0) is 29.3 Å². The van der Waals surface area contributed by atoms with Crippen molar-refractivity contribution in [2.45, 2.75) is 39.7 Å². The molecule has 2 rings (SSSR count). The third-order valence-electron chi connectivity index (χ3n) is 3.82. The maximum Gasteiger partial charge on any atom is 0.222 e. The zero-order valence-electron chi connectivity index (χ0n) is 13.0. The minimum absolute atomic E-state index is 0.0517. The standard InChI is InChI=1S/C18H23ClSi/c1-14-11-15(2)13-17(12-14)20(19,18(3,4)5)16-9-7-6-8-10-16/h6-13H,1-5H3. The van der Waals surface area contributed by atoms with E-state index in [1.165, 1.54) is 21.5 Å². The van der Waals surface area contributed by atoms with Crippen molar-refractivity contribution in [2.24, 2.45) is 0 Å². The highest BCUT2D eigenvalue weighted by Gasteiger charge is 2.46. The van der Waals surface area contributed by atoms with Gasteiger partial charge < -0.3 is 0 Å². The number of hydrogen-bond acceptors (Lipinski definition) is 0. The number of benzene rings is 2. The third kappa shape index (κ3) is 2.70. The van der Waals surface area contributed by atoms with Crippen molar-refractivity contribution in [3.63, 3.8) is 0 Å². The summed E-state index contributed by atoms with van der Waals surface area (Å²) < 4.78 is 0. The van der Waals surface area contributed by atoms with E-state index >= 15 is 0 Å². The largest absolute Gasteiger partial charge is 0.222 e. The molecule has 0 nitrogen and oxygen atoms in total. The predicted molar refractivity (Wildman–Crippen MR) is 92.9 cm³/mol. The fourth-order valence-electron chi connectivity index (χ4n) is 2.87. The molecule has 0 saturated carbocycles. The average Bonchev–Trinajstić information content (AvgIpc) is 2.36. The van der Waals surface area contributed by atoms with Crippen LogP contribution in [-0.4, -0.2) is 7.38 Å². The zero-order valence-corrected chi connectivity index (χ0v) is 14.8. The van der Waals surface area contributed by atoms with Gasteiger partial charge in [0.1, 0.15) is 0 Å². The Hall–Kier alpha value is -1.05. The third-order valence-corrected chi connectivity index (χ3v) is 11.1. The van der Waals surface area contributed by atoms with Gasteiger partial charge in [-0.1, -0.05) is 80.4 Å². The fourth-order valence-corrected chi connectivity index (χ4v) is 7.15. The SMILES string of the molecule is Cc1cc(C)cc([Si](Cl)(c2ccccc2)C(C)(C)C)c1. The summed E-state index contributed by atoms with van der Waals surface area (Å²) in [5.41, 5.74) is 2.58.